The Labute approximate surface area is 145 Å². The molecule has 25 heavy (non-hydrogen) atoms. The summed E-state index contributed by atoms with van der Waals surface area (Å²) in [5.74, 6) is -2.10. The number of nitrogens with zero attached hydrogens (tertiary/aromatic N) is 1. The van der Waals surface area contributed by atoms with Crippen LogP contribution in [0.1, 0.15) is 36.0 Å². The Bertz CT molecular complexity index is 684. The first-order chi connectivity index (χ1) is 12.1. The molecule has 0 radical (unpaired) electrons. The number of carbonyl (C=O) groups excluding carboxylic acids is 4. The third-order valence-electron chi connectivity index (χ3n) is 4.79. The molecule has 0 saturated carbocycles. The normalized spacial score (nSPS) is 25.6. The number of esters is 2. The molecule has 7 nitrogen and oxygen atoms in total. The average Bonchev–Trinajstić information content (AvgIpc) is 3.32. The highest BCUT2D eigenvalue weighted by Crippen LogP contribution is 2.31. The van der Waals surface area contributed by atoms with Gasteiger partial charge >= 0.3 is 11.9 Å². The smallest absolute Gasteiger partial charge is 0.347 e. The number of hydrogen-bond acceptors (Lipinski definition) is 6. The molecule has 2 fully saturated rings. The maximum absolute atomic E-state index is 12.7. The van der Waals surface area contributed by atoms with Crippen LogP contribution in [0.2, 0.25) is 0 Å². The van der Waals surface area contributed by atoms with Gasteiger partial charge in [-0.2, -0.15) is 0 Å². The Morgan fingerprint density at radius 2 is 1.96 bits per heavy atom. The van der Waals surface area contributed by atoms with Crippen molar-refractivity contribution in [1.82, 2.24) is 10.2 Å². The topological polar surface area (TPSA) is 92.8 Å². The summed E-state index contributed by atoms with van der Waals surface area (Å²) in [6, 6.07) is 7.67. The molecule has 1 N–H and O–H groups in total. The van der Waals surface area contributed by atoms with Gasteiger partial charge in [-0.15, -0.1) is 0 Å². The summed E-state index contributed by atoms with van der Waals surface area (Å²) in [6.45, 7) is 1.03. The number of benzene rings is 1. The van der Waals surface area contributed by atoms with Crippen molar-refractivity contribution in [3.05, 3.63) is 35.9 Å². The molecular formula is C18H20N2O5. The van der Waals surface area contributed by atoms with Crippen molar-refractivity contribution in [2.45, 2.75) is 37.3 Å². The lowest BCUT2D eigenvalue weighted by Gasteiger charge is -2.32. The van der Waals surface area contributed by atoms with E-state index < -0.39 is 23.5 Å². The van der Waals surface area contributed by atoms with Gasteiger partial charge in [-0.25, -0.2) is 9.59 Å². The zero-order valence-electron chi connectivity index (χ0n) is 13.8. The Morgan fingerprint density at radius 3 is 2.60 bits per heavy atom. The first kappa shape index (κ1) is 17.3. The van der Waals surface area contributed by atoms with Crippen LogP contribution in [-0.2, 0) is 19.1 Å². The Morgan fingerprint density at radius 1 is 1.20 bits per heavy atom. The fourth-order valence-corrected chi connectivity index (χ4v) is 3.42. The Hall–Kier alpha value is -2.54. The van der Waals surface area contributed by atoms with Gasteiger partial charge in [0.15, 0.2) is 11.8 Å². The van der Waals surface area contributed by atoms with Crippen LogP contribution in [0.5, 0.6) is 0 Å². The zero-order chi connectivity index (χ0) is 17.9. The van der Waals surface area contributed by atoms with Gasteiger partial charge in [0, 0.05) is 6.54 Å². The van der Waals surface area contributed by atoms with Gasteiger partial charge in [-0.3, -0.25) is 4.79 Å². The maximum Gasteiger partial charge on any atom is 0.347 e. The van der Waals surface area contributed by atoms with Crippen LogP contribution in [-0.4, -0.2) is 53.7 Å². The summed E-state index contributed by atoms with van der Waals surface area (Å²) in [7, 11) is 0. The third-order valence-corrected chi connectivity index (χ3v) is 4.79. The lowest BCUT2D eigenvalue weighted by Crippen LogP contribution is -2.58. The summed E-state index contributed by atoms with van der Waals surface area (Å²) in [5, 5.41) is 3.07. The van der Waals surface area contributed by atoms with Crippen molar-refractivity contribution in [2.75, 3.05) is 13.1 Å². The van der Waals surface area contributed by atoms with Crippen LogP contribution >= 0.6 is 0 Å². The first-order valence-corrected chi connectivity index (χ1v) is 8.41. The number of likely N-dealkylation sites (tertiary alicyclic amines) is 1. The summed E-state index contributed by atoms with van der Waals surface area (Å²) in [5.41, 5.74) is -1.50. The molecule has 0 unspecified atom stereocenters. The number of aldehydes is 1. The predicted octanol–water partition coefficient (Wildman–Crippen LogP) is 0.682. The van der Waals surface area contributed by atoms with Crippen molar-refractivity contribution in [3.63, 3.8) is 0 Å². The van der Waals surface area contributed by atoms with Gasteiger partial charge in [0.25, 0.3) is 0 Å². The molecule has 0 spiro atoms. The van der Waals surface area contributed by atoms with Crippen LogP contribution in [0.4, 0.5) is 0 Å². The van der Waals surface area contributed by atoms with Gasteiger partial charge in [0.1, 0.15) is 0 Å². The number of carbonyl (C=O) groups is 4. The molecule has 1 amide bonds. The van der Waals surface area contributed by atoms with Crippen LogP contribution in [0, 0.1) is 0 Å². The van der Waals surface area contributed by atoms with E-state index in [0.29, 0.717) is 25.7 Å². The van der Waals surface area contributed by atoms with E-state index >= 15 is 0 Å². The highest BCUT2D eigenvalue weighted by molar-refractivity contribution is 6.08. The second kappa shape index (κ2) is 7.14. The van der Waals surface area contributed by atoms with E-state index in [1.807, 2.05) is 0 Å². The van der Waals surface area contributed by atoms with Crippen molar-refractivity contribution in [1.29, 1.82) is 0 Å². The number of rotatable bonds is 4. The molecule has 2 atom stereocenters. The minimum atomic E-state index is -1.72. The van der Waals surface area contributed by atoms with E-state index in [-0.39, 0.29) is 17.9 Å². The molecule has 1 aromatic rings. The molecule has 2 saturated heterocycles. The Kier molecular flexibility index (Phi) is 4.94. The Balaban J connectivity index is 1.78. The monoisotopic (exact) mass is 344 g/mol. The highest BCUT2D eigenvalue weighted by Gasteiger charge is 2.53. The largest absolute Gasteiger partial charge is 0.387 e. The highest BCUT2D eigenvalue weighted by atomic mass is 16.6. The van der Waals surface area contributed by atoms with Gasteiger partial charge < -0.3 is 19.7 Å². The molecule has 2 aliphatic heterocycles. The SMILES string of the molecule is O=C[C@]1(C(=O)OC(=O)c2ccccc2)CCCN1C(=O)[C@@H]1CCCN1. The molecule has 7 heteroatoms. The lowest BCUT2D eigenvalue weighted by atomic mass is 9.97. The summed E-state index contributed by atoms with van der Waals surface area (Å²) >= 11 is 0. The minimum absolute atomic E-state index is 0.163. The maximum atomic E-state index is 12.7. The molecule has 0 aromatic heterocycles. The summed E-state index contributed by atoms with van der Waals surface area (Å²) < 4.78 is 4.93. The van der Waals surface area contributed by atoms with E-state index in [9.17, 15) is 19.2 Å². The van der Waals surface area contributed by atoms with Crippen LogP contribution in [0.25, 0.3) is 0 Å². The number of ether oxygens (including phenoxy) is 1. The molecule has 2 aliphatic rings. The molecule has 1 aromatic carbocycles. The van der Waals surface area contributed by atoms with Crippen molar-refractivity contribution in [3.8, 4) is 0 Å². The standard InChI is InChI=1S/C18H20N2O5/c21-12-18(17(24)25-16(23)13-6-2-1-3-7-13)9-5-11-20(18)15(22)14-8-4-10-19-14/h1-3,6-7,12,14,19H,4-5,8-11H2/t14-,18-/m0/s1. The first-order valence-electron chi connectivity index (χ1n) is 8.41. The van der Waals surface area contributed by atoms with Gasteiger partial charge in [-0.1, -0.05) is 18.2 Å². The van der Waals surface area contributed by atoms with Gasteiger partial charge in [-0.05, 0) is 44.4 Å². The summed E-state index contributed by atoms with van der Waals surface area (Å²) in [4.78, 5) is 50.5. The third kappa shape index (κ3) is 3.19. The summed E-state index contributed by atoms with van der Waals surface area (Å²) in [6.07, 6.45) is 2.65. The molecular weight excluding hydrogens is 324 g/mol. The second-order valence-electron chi connectivity index (χ2n) is 6.33. The van der Waals surface area contributed by atoms with E-state index in [0.717, 1.165) is 13.0 Å². The van der Waals surface area contributed by atoms with Crippen LogP contribution < -0.4 is 5.32 Å². The molecule has 3 rings (SSSR count). The van der Waals surface area contributed by atoms with Crippen molar-refractivity contribution < 1.29 is 23.9 Å². The molecule has 2 heterocycles. The molecule has 0 aliphatic carbocycles. The second-order valence-corrected chi connectivity index (χ2v) is 6.33. The van der Waals surface area contributed by atoms with E-state index in [4.69, 9.17) is 4.74 Å². The van der Waals surface area contributed by atoms with Gasteiger partial charge in [0.05, 0.1) is 11.6 Å². The fourth-order valence-electron chi connectivity index (χ4n) is 3.42. The quantitative estimate of drug-likeness (QED) is 0.491. The zero-order valence-corrected chi connectivity index (χ0v) is 13.8. The van der Waals surface area contributed by atoms with Gasteiger partial charge in [0.2, 0.25) is 5.91 Å². The minimum Gasteiger partial charge on any atom is -0.387 e. The van der Waals surface area contributed by atoms with Crippen molar-refractivity contribution in [2.24, 2.45) is 0 Å². The fraction of sp³-hybridized carbons (Fsp3) is 0.444. The van der Waals surface area contributed by atoms with Crippen molar-refractivity contribution >= 4 is 24.1 Å². The molecule has 132 valence electrons. The van der Waals surface area contributed by atoms with E-state index in [1.54, 1.807) is 18.2 Å². The molecule has 0 bridgehead atoms. The lowest BCUT2D eigenvalue weighted by molar-refractivity contribution is -0.159. The average molecular weight is 344 g/mol. The number of amides is 1. The van der Waals surface area contributed by atoms with Crippen LogP contribution in [0.3, 0.4) is 0 Å². The van der Waals surface area contributed by atoms with E-state index in [2.05, 4.69) is 5.32 Å². The predicted molar refractivity (Wildman–Crippen MR) is 87.6 cm³/mol. The van der Waals surface area contributed by atoms with E-state index in [1.165, 1.54) is 17.0 Å². The number of nitrogens with one attached hydrogen (secondary N) is 1. The number of hydrogen-bond donors (Lipinski definition) is 1. The van der Waals surface area contributed by atoms with Crippen LogP contribution in [0.15, 0.2) is 30.3 Å².